The van der Waals surface area contributed by atoms with E-state index in [-0.39, 0.29) is 23.7 Å². The van der Waals surface area contributed by atoms with Crippen LogP contribution in [-0.4, -0.2) is 22.6 Å². The maximum Gasteiger partial charge on any atom is 0.411 e. The van der Waals surface area contributed by atoms with Gasteiger partial charge in [0.2, 0.25) is 0 Å². The fourth-order valence-electron chi connectivity index (χ4n) is 1.97. The van der Waals surface area contributed by atoms with E-state index in [1.54, 1.807) is 13.8 Å². The molecule has 0 aliphatic carbocycles. The molecule has 2 aromatic rings. The summed E-state index contributed by atoms with van der Waals surface area (Å²) < 4.78 is 4.82. The molecule has 0 aliphatic heterocycles. The van der Waals surface area contributed by atoms with Crippen LogP contribution < -0.4 is 5.32 Å². The summed E-state index contributed by atoms with van der Waals surface area (Å²) in [5, 5.41) is 13.6. The minimum Gasteiger partial charge on any atom is -0.450 e. The lowest BCUT2D eigenvalue weighted by Gasteiger charge is -2.11. The number of nitrogens with one attached hydrogen (secondary N) is 1. The normalized spacial score (nSPS) is 10.1. The highest BCUT2D eigenvalue weighted by molar-refractivity contribution is 5.91. The third-order valence-electron chi connectivity index (χ3n) is 2.94. The van der Waals surface area contributed by atoms with Crippen molar-refractivity contribution < 1.29 is 14.5 Å². The van der Waals surface area contributed by atoms with Crippen molar-refractivity contribution in [1.29, 1.82) is 0 Å². The van der Waals surface area contributed by atoms with Gasteiger partial charge in [0.15, 0.2) is 0 Å². The van der Waals surface area contributed by atoms with E-state index in [9.17, 15) is 14.9 Å². The Labute approximate surface area is 127 Å². The molecule has 0 atom stereocenters. The molecule has 2 rings (SSSR count). The van der Waals surface area contributed by atoms with Crippen LogP contribution in [0.2, 0.25) is 0 Å². The number of carbonyl (C=O) groups is 1. The second-order valence-corrected chi connectivity index (χ2v) is 4.46. The number of aromatic nitrogens is 1. The van der Waals surface area contributed by atoms with Crippen molar-refractivity contribution in [3.8, 4) is 11.3 Å². The Morgan fingerprint density at radius 3 is 2.64 bits per heavy atom. The predicted molar refractivity (Wildman–Crippen MR) is 81.7 cm³/mol. The number of anilines is 1. The van der Waals surface area contributed by atoms with Gasteiger partial charge in [-0.15, -0.1) is 0 Å². The van der Waals surface area contributed by atoms with Gasteiger partial charge in [0.1, 0.15) is 5.69 Å². The maximum absolute atomic E-state index is 11.6. The van der Waals surface area contributed by atoms with Gasteiger partial charge in [0, 0.05) is 11.6 Å². The van der Waals surface area contributed by atoms with Crippen molar-refractivity contribution in [2.45, 2.75) is 13.8 Å². The van der Waals surface area contributed by atoms with E-state index in [1.165, 1.54) is 6.07 Å². The Morgan fingerprint density at radius 2 is 2.05 bits per heavy atom. The van der Waals surface area contributed by atoms with E-state index in [2.05, 4.69) is 10.3 Å². The minimum absolute atomic E-state index is 0.161. The summed E-state index contributed by atoms with van der Waals surface area (Å²) in [6.07, 6.45) is -0.681. The van der Waals surface area contributed by atoms with Crippen LogP contribution in [0.3, 0.4) is 0 Å². The summed E-state index contributed by atoms with van der Waals surface area (Å²) in [7, 11) is 0. The van der Waals surface area contributed by atoms with E-state index in [1.807, 2.05) is 30.3 Å². The van der Waals surface area contributed by atoms with Crippen LogP contribution in [0.25, 0.3) is 11.3 Å². The van der Waals surface area contributed by atoms with Crippen LogP contribution in [-0.2, 0) is 4.74 Å². The van der Waals surface area contributed by atoms with Gasteiger partial charge in [-0.3, -0.25) is 15.4 Å². The highest BCUT2D eigenvalue weighted by Gasteiger charge is 2.19. The summed E-state index contributed by atoms with van der Waals surface area (Å²) in [5.74, 6) is 0. The van der Waals surface area contributed by atoms with Crippen molar-refractivity contribution in [3.63, 3.8) is 0 Å². The molecule has 0 aliphatic rings. The average Bonchev–Trinajstić information content (AvgIpc) is 2.49. The van der Waals surface area contributed by atoms with Crippen LogP contribution in [0.5, 0.6) is 0 Å². The van der Waals surface area contributed by atoms with E-state index < -0.39 is 11.0 Å². The molecule has 0 unspecified atom stereocenters. The van der Waals surface area contributed by atoms with Gasteiger partial charge in [-0.25, -0.2) is 9.78 Å². The number of benzene rings is 1. The van der Waals surface area contributed by atoms with Gasteiger partial charge in [0.05, 0.1) is 22.9 Å². The fraction of sp³-hybridized carbons (Fsp3) is 0.200. The van der Waals surface area contributed by atoms with Crippen LogP contribution >= 0.6 is 0 Å². The molecular weight excluding hydrogens is 286 g/mol. The summed E-state index contributed by atoms with van der Waals surface area (Å²) in [5.41, 5.74) is 1.55. The van der Waals surface area contributed by atoms with Crippen LogP contribution in [0.1, 0.15) is 12.6 Å². The number of carbonyl (C=O) groups excluding carboxylic acids is 1. The summed E-state index contributed by atoms with van der Waals surface area (Å²) in [6.45, 7) is 3.43. The first-order valence-electron chi connectivity index (χ1n) is 6.68. The fourth-order valence-corrected chi connectivity index (χ4v) is 1.97. The highest BCUT2D eigenvalue weighted by Crippen LogP contribution is 2.31. The van der Waals surface area contributed by atoms with Crippen molar-refractivity contribution in [1.82, 2.24) is 4.98 Å². The molecule has 0 spiro atoms. The topological polar surface area (TPSA) is 94.4 Å². The lowest BCUT2D eigenvalue weighted by molar-refractivity contribution is -0.385. The number of nitrogens with zero attached hydrogens (tertiary/aromatic N) is 2. The van der Waals surface area contributed by atoms with Gasteiger partial charge < -0.3 is 4.74 Å². The van der Waals surface area contributed by atoms with Crippen LogP contribution in [0, 0.1) is 17.0 Å². The highest BCUT2D eigenvalue weighted by atomic mass is 16.6. The lowest BCUT2D eigenvalue weighted by atomic mass is 10.1. The molecule has 0 saturated carbocycles. The SMILES string of the molecule is CCOC(=O)Nc1cc([N+](=O)[O-])c(C)nc1-c1ccccc1. The molecule has 1 N–H and O–H groups in total. The van der Waals surface area contributed by atoms with Crippen molar-refractivity contribution in [2.75, 3.05) is 11.9 Å². The first-order valence-corrected chi connectivity index (χ1v) is 6.68. The van der Waals surface area contributed by atoms with Gasteiger partial charge in [0.25, 0.3) is 5.69 Å². The van der Waals surface area contributed by atoms with Crippen molar-refractivity contribution in [3.05, 3.63) is 52.2 Å². The third kappa shape index (κ3) is 3.38. The zero-order valence-electron chi connectivity index (χ0n) is 12.2. The summed E-state index contributed by atoms with van der Waals surface area (Å²) >= 11 is 0. The number of hydrogen-bond acceptors (Lipinski definition) is 5. The van der Waals surface area contributed by atoms with E-state index >= 15 is 0 Å². The Bertz CT molecular complexity index is 701. The Kier molecular flexibility index (Phi) is 4.67. The second kappa shape index (κ2) is 6.66. The van der Waals surface area contributed by atoms with Crippen molar-refractivity contribution in [2.24, 2.45) is 0 Å². The number of nitro groups is 1. The molecule has 0 bridgehead atoms. The number of pyridine rings is 1. The first-order chi connectivity index (χ1) is 10.5. The molecule has 114 valence electrons. The van der Waals surface area contributed by atoms with Crippen LogP contribution in [0.4, 0.5) is 16.2 Å². The minimum atomic E-state index is -0.681. The molecule has 1 aromatic carbocycles. The molecule has 0 saturated heterocycles. The van der Waals surface area contributed by atoms with Crippen LogP contribution in [0.15, 0.2) is 36.4 Å². The standard InChI is InChI=1S/C15H15N3O4/c1-3-22-15(19)17-12-9-13(18(20)21)10(2)16-14(12)11-7-5-4-6-8-11/h4-9H,3H2,1-2H3,(H,17,19). The molecule has 0 fully saturated rings. The molecule has 0 radical (unpaired) electrons. The molecule has 22 heavy (non-hydrogen) atoms. The molecular formula is C15H15N3O4. The monoisotopic (exact) mass is 301 g/mol. The lowest BCUT2D eigenvalue weighted by Crippen LogP contribution is -2.15. The number of ether oxygens (including phenoxy) is 1. The number of amides is 1. The number of hydrogen-bond donors (Lipinski definition) is 1. The number of aryl methyl sites for hydroxylation is 1. The molecule has 1 amide bonds. The zero-order valence-corrected chi connectivity index (χ0v) is 12.2. The molecule has 1 aromatic heterocycles. The molecule has 7 heteroatoms. The zero-order chi connectivity index (χ0) is 16.1. The third-order valence-corrected chi connectivity index (χ3v) is 2.94. The molecule has 1 heterocycles. The van der Waals surface area contributed by atoms with Gasteiger partial charge >= 0.3 is 6.09 Å². The maximum atomic E-state index is 11.6. The number of rotatable bonds is 4. The summed E-state index contributed by atoms with van der Waals surface area (Å²) in [6, 6.07) is 10.4. The van der Waals surface area contributed by atoms with E-state index in [4.69, 9.17) is 4.74 Å². The van der Waals surface area contributed by atoms with Gasteiger partial charge in [-0.1, -0.05) is 30.3 Å². The first kappa shape index (κ1) is 15.4. The van der Waals surface area contributed by atoms with Gasteiger partial charge in [-0.2, -0.15) is 0 Å². The van der Waals surface area contributed by atoms with E-state index in [0.717, 1.165) is 5.56 Å². The van der Waals surface area contributed by atoms with Crippen molar-refractivity contribution >= 4 is 17.5 Å². The average molecular weight is 301 g/mol. The Balaban J connectivity index is 2.53. The van der Waals surface area contributed by atoms with Gasteiger partial charge in [-0.05, 0) is 13.8 Å². The quantitative estimate of drug-likeness (QED) is 0.688. The second-order valence-electron chi connectivity index (χ2n) is 4.46. The largest absolute Gasteiger partial charge is 0.450 e. The smallest absolute Gasteiger partial charge is 0.411 e. The Morgan fingerprint density at radius 1 is 1.36 bits per heavy atom. The predicted octanol–water partition coefficient (Wildman–Crippen LogP) is 3.53. The summed E-state index contributed by atoms with van der Waals surface area (Å²) in [4.78, 5) is 26.4. The molecule has 7 nitrogen and oxygen atoms in total. The Hall–Kier alpha value is -2.96. The van der Waals surface area contributed by atoms with E-state index in [0.29, 0.717) is 5.69 Å².